The van der Waals surface area contributed by atoms with Gasteiger partial charge in [0.1, 0.15) is 5.82 Å². The molecule has 34 heavy (non-hydrogen) atoms. The smallest absolute Gasteiger partial charge is 0.221 e. The summed E-state index contributed by atoms with van der Waals surface area (Å²) >= 11 is 0. The minimum Gasteiger partial charge on any atom is -0.493 e. The number of hydrogen-bond acceptors (Lipinski definition) is 6. The van der Waals surface area contributed by atoms with E-state index in [2.05, 4.69) is 16.9 Å². The summed E-state index contributed by atoms with van der Waals surface area (Å²) in [6, 6.07) is 5.97. The first-order valence-electron chi connectivity index (χ1n) is 13.3. The molecule has 0 bridgehead atoms. The van der Waals surface area contributed by atoms with Gasteiger partial charge in [-0.05, 0) is 24.1 Å². The van der Waals surface area contributed by atoms with E-state index in [4.69, 9.17) is 20.9 Å². The Balaban J connectivity index is 1.55. The first-order chi connectivity index (χ1) is 16.6. The molecule has 4 N–H and O–H groups in total. The summed E-state index contributed by atoms with van der Waals surface area (Å²) in [6.07, 6.45) is 21.2. The minimum atomic E-state index is 0.186. The van der Waals surface area contributed by atoms with Gasteiger partial charge in [-0.15, -0.1) is 0 Å². The SMILES string of the molecule is CCCCCCCCCCCCCCCCOc1ccc(Cc2cnc(N)nc2N)cc1OC. The number of rotatable bonds is 19. The molecule has 6 heteroatoms. The Morgan fingerprint density at radius 3 is 1.91 bits per heavy atom. The van der Waals surface area contributed by atoms with E-state index >= 15 is 0 Å². The topological polar surface area (TPSA) is 96.3 Å². The number of nitrogens with zero attached hydrogens (tertiary/aromatic N) is 2. The van der Waals surface area contributed by atoms with Crippen LogP contribution in [-0.4, -0.2) is 23.7 Å². The third kappa shape index (κ3) is 11.1. The van der Waals surface area contributed by atoms with E-state index in [1.807, 2.05) is 18.2 Å². The molecule has 0 atom stereocenters. The van der Waals surface area contributed by atoms with Crippen LogP contribution in [0.25, 0.3) is 0 Å². The van der Waals surface area contributed by atoms with Crippen LogP contribution >= 0.6 is 0 Å². The molecular formula is C28H46N4O2. The quantitative estimate of drug-likeness (QED) is 0.213. The molecule has 190 valence electrons. The number of anilines is 2. The van der Waals surface area contributed by atoms with Crippen molar-refractivity contribution >= 4 is 11.8 Å². The first kappa shape index (κ1) is 27.7. The van der Waals surface area contributed by atoms with Crippen LogP contribution in [0, 0.1) is 0 Å². The Morgan fingerprint density at radius 2 is 1.35 bits per heavy atom. The van der Waals surface area contributed by atoms with Gasteiger partial charge in [-0.25, -0.2) is 4.98 Å². The highest BCUT2D eigenvalue weighted by Gasteiger charge is 2.09. The van der Waals surface area contributed by atoms with Gasteiger partial charge in [0, 0.05) is 18.2 Å². The molecular weight excluding hydrogens is 424 g/mol. The van der Waals surface area contributed by atoms with E-state index in [0.29, 0.717) is 18.8 Å². The molecule has 0 saturated heterocycles. The molecule has 0 amide bonds. The molecule has 2 aromatic rings. The standard InChI is InChI=1S/C28H46N4O2/c1-3-4-5-6-7-8-9-10-11-12-13-14-15-16-19-34-25-18-17-23(21-26(25)33-2)20-24-22-31-28(30)32-27(24)29/h17-18,21-22H,3-16,19-20H2,1-2H3,(H4,29,30,31,32). The molecule has 0 aliphatic heterocycles. The maximum Gasteiger partial charge on any atom is 0.221 e. The molecule has 0 unspecified atom stereocenters. The van der Waals surface area contributed by atoms with E-state index in [0.717, 1.165) is 29.0 Å². The van der Waals surface area contributed by atoms with Gasteiger partial charge < -0.3 is 20.9 Å². The largest absolute Gasteiger partial charge is 0.493 e. The summed E-state index contributed by atoms with van der Waals surface area (Å²) < 4.78 is 11.5. The number of aromatic nitrogens is 2. The third-order valence-corrected chi connectivity index (χ3v) is 6.29. The highest BCUT2D eigenvalue weighted by Crippen LogP contribution is 2.29. The van der Waals surface area contributed by atoms with Gasteiger partial charge in [0.25, 0.3) is 0 Å². The number of methoxy groups -OCH3 is 1. The molecule has 1 heterocycles. The Kier molecular flexibility index (Phi) is 13.9. The molecule has 2 rings (SSSR count). The number of nitrogens with two attached hydrogens (primary N) is 2. The Hall–Kier alpha value is -2.50. The number of hydrogen-bond donors (Lipinski definition) is 2. The van der Waals surface area contributed by atoms with Crippen LogP contribution in [0.2, 0.25) is 0 Å². The van der Waals surface area contributed by atoms with E-state index < -0.39 is 0 Å². The summed E-state index contributed by atoms with van der Waals surface area (Å²) in [4.78, 5) is 8.05. The maximum absolute atomic E-state index is 5.99. The van der Waals surface area contributed by atoms with Gasteiger partial charge >= 0.3 is 0 Å². The summed E-state index contributed by atoms with van der Waals surface area (Å²) in [5.41, 5.74) is 13.4. The van der Waals surface area contributed by atoms with Crippen molar-refractivity contribution in [3.63, 3.8) is 0 Å². The fourth-order valence-electron chi connectivity index (χ4n) is 4.21. The van der Waals surface area contributed by atoms with Gasteiger partial charge in [-0.1, -0.05) is 96.5 Å². The minimum absolute atomic E-state index is 0.186. The predicted molar refractivity (Wildman–Crippen MR) is 142 cm³/mol. The molecule has 0 fully saturated rings. The predicted octanol–water partition coefficient (Wildman–Crippen LogP) is 7.10. The number of nitrogen functional groups attached to an aromatic ring is 2. The summed E-state index contributed by atoms with van der Waals surface area (Å²) in [6.45, 7) is 2.99. The zero-order chi connectivity index (χ0) is 24.4. The highest BCUT2D eigenvalue weighted by molar-refractivity contribution is 5.48. The second-order valence-electron chi connectivity index (χ2n) is 9.25. The van der Waals surface area contributed by atoms with Gasteiger partial charge in [-0.3, -0.25) is 0 Å². The number of ether oxygens (including phenoxy) is 2. The number of unbranched alkanes of at least 4 members (excludes halogenated alkanes) is 13. The molecule has 1 aromatic carbocycles. The van der Waals surface area contributed by atoms with Crippen LogP contribution in [0.4, 0.5) is 11.8 Å². The second kappa shape index (κ2) is 17.0. The van der Waals surface area contributed by atoms with E-state index in [9.17, 15) is 0 Å². The molecule has 0 aliphatic rings. The van der Waals surface area contributed by atoms with Crippen LogP contribution in [-0.2, 0) is 6.42 Å². The van der Waals surface area contributed by atoms with Crippen molar-refractivity contribution in [3.05, 3.63) is 35.5 Å². The zero-order valence-corrected chi connectivity index (χ0v) is 21.5. The van der Waals surface area contributed by atoms with E-state index in [1.165, 1.54) is 83.5 Å². The Labute approximate surface area is 206 Å². The van der Waals surface area contributed by atoms with Gasteiger partial charge in [-0.2, -0.15) is 4.98 Å². The summed E-state index contributed by atoms with van der Waals surface area (Å²) in [7, 11) is 1.67. The first-order valence-corrected chi connectivity index (χ1v) is 13.3. The van der Waals surface area contributed by atoms with Crippen molar-refractivity contribution in [2.24, 2.45) is 0 Å². The van der Waals surface area contributed by atoms with Gasteiger partial charge in [0.2, 0.25) is 5.95 Å². The molecule has 0 spiro atoms. The second-order valence-corrected chi connectivity index (χ2v) is 9.25. The molecule has 6 nitrogen and oxygen atoms in total. The van der Waals surface area contributed by atoms with E-state index in [1.54, 1.807) is 13.3 Å². The third-order valence-electron chi connectivity index (χ3n) is 6.29. The lowest BCUT2D eigenvalue weighted by Gasteiger charge is -2.13. The van der Waals surface area contributed by atoms with Crippen molar-refractivity contribution in [3.8, 4) is 11.5 Å². The Bertz CT molecular complexity index is 813. The van der Waals surface area contributed by atoms with Crippen molar-refractivity contribution in [1.29, 1.82) is 0 Å². The van der Waals surface area contributed by atoms with Gasteiger partial charge in [0.15, 0.2) is 11.5 Å². The summed E-state index contributed by atoms with van der Waals surface area (Å²) in [5.74, 6) is 2.11. The van der Waals surface area contributed by atoms with Crippen LogP contribution < -0.4 is 20.9 Å². The lowest BCUT2D eigenvalue weighted by Crippen LogP contribution is -2.04. The van der Waals surface area contributed by atoms with Gasteiger partial charge in [0.05, 0.1) is 13.7 Å². The summed E-state index contributed by atoms with van der Waals surface area (Å²) in [5, 5.41) is 0. The van der Waals surface area contributed by atoms with Crippen molar-refractivity contribution in [1.82, 2.24) is 9.97 Å². The molecule has 1 aromatic heterocycles. The number of benzene rings is 1. The van der Waals surface area contributed by atoms with Crippen LogP contribution in [0.5, 0.6) is 11.5 Å². The molecule has 0 saturated carbocycles. The molecule has 0 radical (unpaired) electrons. The average molecular weight is 471 g/mol. The van der Waals surface area contributed by atoms with Crippen LogP contribution in [0.3, 0.4) is 0 Å². The zero-order valence-electron chi connectivity index (χ0n) is 21.5. The fraction of sp³-hybridized carbons (Fsp3) is 0.643. The lowest BCUT2D eigenvalue weighted by atomic mass is 10.0. The highest BCUT2D eigenvalue weighted by atomic mass is 16.5. The monoisotopic (exact) mass is 470 g/mol. The van der Waals surface area contributed by atoms with Crippen LogP contribution in [0.1, 0.15) is 108 Å². The average Bonchev–Trinajstić information content (AvgIpc) is 2.84. The van der Waals surface area contributed by atoms with E-state index in [-0.39, 0.29) is 5.95 Å². The normalized spacial score (nSPS) is 11.0. The Morgan fingerprint density at radius 1 is 0.765 bits per heavy atom. The van der Waals surface area contributed by atoms with Crippen molar-refractivity contribution < 1.29 is 9.47 Å². The van der Waals surface area contributed by atoms with Crippen molar-refractivity contribution in [2.45, 2.75) is 103 Å². The molecule has 0 aliphatic carbocycles. The van der Waals surface area contributed by atoms with Crippen LogP contribution in [0.15, 0.2) is 24.4 Å². The lowest BCUT2D eigenvalue weighted by molar-refractivity contribution is 0.284. The maximum atomic E-state index is 5.99. The van der Waals surface area contributed by atoms with Crippen molar-refractivity contribution in [2.75, 3.05) is 25.2 Å². The fourth-order valence-corrected chi connectivity index (χ4v) is 4.21.